The Hall–Kier alpha value is -3.19. The van der Waals surface area contributed by atoms with E-state index in [0.29, 0.717) is 27.9 Å². The van der Waals surface area contributed by atoms with Crippen LogP contribution in [-0.4, -0.2) is 30.0 Å². The van der Waals surface area contributed by atoms with Crippen LogP contribution in [-0.2, 0) is 0 Å². The molecule has 1 aromatic heterocycles. The van der Waals surface area contributed by atoms with E-state index in [4.69, 9.17) is 21.1 Å². The van der Waals surface area contributed by atoms with Crippen LogP contribution >= 0.6 is 11.6 Å². The van der Waals surface area contributed by atoms with Gasteiger partial charge in [-0.15, -0.1) is 0 Å². The lowest BCUT2D eigenvalue weighted by Crippen LogP contribution is -2.19. The zero-order valence-corrected chi connectivity index (χ0v) is 14.9. The number of urea groups is 1. The van der Waals surface area contributed by atoms with Crippen molar-refractivity contribution < 1.29 is 14.3 Å². The van der Waals surface area contributed by atoms with E-state index in [9.17, 15) is 4.79 Å². The number of carbonyl (C=O) groups excluding carboxylic acids is 1. The fourth-order valence-corrected chi connectivity index (χ4v) is 2.47. The lowest BCUT2D eigenvalue weighted by molar-refractivity contribution is 0.262. The van der Waals surface area contributed by atoms with Gasteiger partial charge in [-0.25, -0.2) is 9.48 Å². The Kier molecular flexibility index (Phi) is 5.28. The van der Waals surface area contributed by atoms with Crippen molar-refractivity contribution in [1.82, 2.24) is 9.78 Å². The molecule has 0 radical (unpaired) electrons. The summed E-state index contributed by atoms with van der Waals surface area (Å²) in [6.45, 7) is 0. The van der Waals surface area contributed by atoms with Gasteiger partial charge in [-0.2, -0.15) is 5.10 Å². The highest BCUT2D eigenvalue weighted by atomic mass is 35.5. The van der Waals surface area contributed by atoms with E-state index in [0.717, 1.165) is 5.69 Å². The molecule has 0 unspecified atom stereocenters. The summed E-state index contributed by atoms with van der Waals surface area (Å²) in [5, 5.41) is 10.2. The number of rotatable bonds is 5. The fraction of sp³-hybridized carbons (Fsp3) is 0.111. The van der Waals surface area contributed by atoms with Crippen molar-refractivity contribution >= 4 is 29.0 Å². The Morgan fingerprint density at radius 1 is 1.08 bits per heavy atom. The van der Waals surface area contributed by atoms with Gasteiger partial charge in [0, 0.05) is 18.0 Å². The lowest BCUT2D eigenvalue weighted by Gasteiger charge is -2.12. The predicted molar refractivity (Wildman–Crippen MR) is 101 cm³/mol. The first-order chi connectivity index (χ1) is 12.6. The van der Waals surface area contributed by atoms with Crippen molar-refractivity contribution in [3.63, 3.8) is 0 Å². The van der Waals surface area contributed by atoms with Crippen LogP contribution in [0.3, 0.4) is 0 Å². The summed E-state index contributed by atoms with van der Waals surface area (Å²) >= 11 is 5.87. The molecule has 26 heavy (non-hydrogen) atoms. The molecule has 2 aromatic carbocycles. The van der Waals surface area contributed by atoms with Crippen LogP contribution in [0.4, 0.5) is 16.2 Å². The molecule has 0 aliphatic rings. The van der Waals surface area contributed by atoms with Crippen LogP contribution in [0.1, 0.15) is 0 Å². The first kappa shape index (κ1) is 17.6. The van der Waals surface area contributed by atoms with E-state index >= 15 is 0 Å². The second kappa shape index (κ2) is 7.79. The Morgan fingerprint density at radius 3 is 2.46 bits per heavy atom. The highest BCUT2D eigenvalue weighted by Gasteiger charge is 2.09. The fourth-order valence-electron chi connectivity index (χ4n) is 2.34. The van der Waals surface area contributed by atoms with Crippen molar-refractivity contribution in [2.24, 2.45) is 0 Å². The largest absolute Gasteiger partial charge is 0.497 e. The average Bonchev–Trinajstić information content (AvgIpc) is 3.08. The van der Waals surface area contributed by atoms with Crippen molar-refractivity contribution in [2.45, 2.75) is 0 Å². The van der Waals surface area contributed by atoms with E-state index in [1.165, 1.54) is 7.11 Å². The Bertz CT molecular complexity index is 909. The molecule has 2 amide bonds. The molecule has 0 spiro atoms. The molecule has 3 aromatic rings. The van der Waals surface area contributed by atoms with E-state index < -0.39 is 6.03 Å². The topological polar surface area (TPSA) is 77.4 Å². The number of nitrogens with one attached hydrogen (secondary N) is 2. The van der Waals surface area contributed by atoms with Crippen LogP contribution in [0.5, 0.6) is 11.5 Å². The normalized spacial score (nSPS) is 10.3. The molecule has 8 heteroatoms. The van der Waals surface area contributed by atoms with Gasteiger partial charge in [-0.1, -0.05) is 11.6 Å². The lowest BCUT2D eigenvalue weighted by atomic mass is 10.2. The number of ether oxygens (including phenoxy) is 2. The highest BCUT2D eigenvalue weighted by Crippen LogP contribution is 2.29. The molecular formula is C18H17ClN4O3. The Morgan fingerprint density at radius 2 is 1.85 bits per heavy atom. The van der Waals surface area contributed by atoms with Crippen molar-refractivity contribution in [2.75, 3.05) is 24.9 Å². The summed E-state index contributed by atoms with van der Waals surface area (Å²) in [6, 6.07) is 12.0. The third kappa shape index (κ3) is 4.07. The number of amides is 2. The van der Waals surface area contributed by atoms with Gasteiger partial charge in [0.2, 0.25) is 0 Å². The zero-order valence-electron chi connectivity index (χ0n) is 14.2. The average molecular weight is 373 g/mol. The number of carbonyl (C=O) groups is 1. The molecule has 7 nitrogen and oxygen atoms in total. The Labute approximate surface area is 155 Å². The number of methoxy groups -OCH3 is 2. The van der Waals surface area contributed by atoms with Crippen LogP contribution < -0.4 is 20.1 Å². The van der Waals surface area contributed by atoms with Crippen molar-refractivity contribution in [3.8, 4) is 17.2 Å². The number of hydrogen-bond donors (Lipinski definition) is 2. The van der Waals surface area contributed by atoms with Crippen LogP contribution in [0, 0.1) is 0 Å². The van der Waals surface area contributed by atoms with Gasteiger partial charge in [-0.05, 0) is 36.4 Å². The van der Waals surface area contributed by atoms with Gasteiger partial charge in [0.15, 0.2) is 0 Å². The van der Waals surface area contributed by atoms with E-state index in [1.807, 2.05) is 12.1 Å². The summed E-state index contributed by atoms with van der Waals surface area (Å²) in [4.78, 5) is 12.3. The number of anilines is 2. The highest BCUT2D eigenvalue weighted by molar-refractivity contribution is 6.30. The van der Waals surface area contributed by atoms with E-state index in [1.54, 1.807) is 54.5 Å². The van der Waals surface area contributed by atoms with Crippen LogP contribution in [0.15, 0.2) is 54.9 Å². The summed E-state index contributed by atoms with van der Waals surface area (Å²) in [5.41, 5.74) is 1.97. The summed E-state index contributed by atoms with van der Waals surface area (Å²) in [5.74, 6) is 1.15. The molecule has 0 bridgehead atoms. The first-order valence-electron chi connectivity index (χ1n) is 7.69. The molecule has 1 heterocycles. The Balaban J connectivity index is 1.68. The maximum atomic E-state index is 12.3. The molecule has 134 valence electrons. The van der Waals surface area contributed by atoms with Crippen LogP contribution in [0.25, 0.3) is 5.69 Å². The smallest absolute Gasteiger partial charge is 0.323 e. The first-order valence-corrected chi connectivity index (χ1v) is 8.07. The van der Waals surface area contributed by atoms with Crippen molar-refractivity contribution in [3.05, 3.63) is 59.9 Å². The summed E-state index contributed by atoms with van der Waals surface area (Å²) < 4.78 is 12.1. The minimum absolute atomic E-state index is 0.397. The van der Waals surface area contributed by atoms with E-state index in [2.05, 4.69) is 15.7 Å². The predicted octanol–water partition coefficient (Wildman–Crippen LogP) is 4.19. The second-order valence-electron chi connectivity index (χ2n) is 5.30. The standard InChI is InChI=1S/C18H17ClN4O3/c1-25-15-7-8-17(26-2)16(9-15)22-18(24)21-13-3-5-14(6-4-13)23-11-12(19)10-20-23/h3-11H,1-2H3,(H2,21,22,24). The summed E-state index contributed by atoms with van der Waals surface area (Å²) in [7, 11) is 3.09. The third-order valence-electron chi connectivity index (χ3n) is 3.60. The molecule has 3 rings (SSSR count). The number of benzene rings is 2. The quantitative estimate of drug-likeness (QED) is 0.704. The van der Waals surface area contributed by atoms with Gasteiger partial charge in [0.25, 0.3) is 0 Å². The molecule has 0 saturated heterocycles. The number of nitrogens with zero attached hydrogens (tertiary/aromatic N) is 2. The van der Waals surface area contributed by atoms with Gasteiger partial charge < -0.3 is 20.1 Å². The number of aromatic nitrogens is 2. The monoisotopic (exact) mass is 372 g/mol. The number of halogens is 1. The molecule has 0 fully saturated rings. The van der Waals surface area contributed by atoms with E-state index in [-0.39, 0.29) is 0 Å². The minimum Gasteiger partial charge on any atom is -0.497 e. The zero-order chi connectivity index (χ0) is 18.5. The van der Waals surface area contributed by atoms with Crippen molar-refractivity contribution in [1.29, 1.82) is 0 Å². The minimum atomic E-state index is -0.397. The molecule has 0 saturated carbocycles. The number of hydrogen-bond acceptors (Lipinski definition) is 4. The van der Waals surface area contributed by atoms with Crippen LogP contribution in [0.2, 0.25) is 5.02 Å². The molecule has 0 aliphatic carbocycles. The summed E-state index contributed by atoms with van der Waals surface area (Å²) in [6.07, 6.45) is 3.26. The molecule has 2 N–H and O–H groups in total. The molecular weight excluding hydrogens is 356 g/mol. The van der Waals surface area contributed by atoms with Gasteiger partial charge in [-0.3, -0.25) is 0 Å². The SMILES string of the molecule is COc1ccc(OC)c(NC(=O)Nc2ccc(-n3cc(Cl)cn3)cc2)c1. The second-order valence-corrected chi connectivity index (χ2v) is 5.73. The maximum absolute atomic E-state index is 12.3. The molecule has 0 aliphatic heterocycles. The van der Waals surface area contributed by atoms with Gasteiger partial charge in [0.05, 0.1) is 36.8 Å². The third-order valence-corrected chi connectivity index (χ3v) is 3.79. The van der Waals surface area contributed by atoms with Gasteiger partial charge in [0.1, 0.15) is 11.5 Å². The van der Waals surface area contributed by atoms with Gasteiger partial charge >= 0.3 is 6.03 Å². The maximum Gasteiger partial charge on any atom is 0.323 e. The molecule has 0 atom stereocenters.